The highest BCUT2D eigenvalue weighted by atomic mass is 16.3. The molecule has 2 aromatic rings. The molecule has 0 aliphatic carbocycles. The maximum atomic E-state index is 11.9. The lowest BCUT2D eigenvalue weighted by Gasteiger charge is -2.49. The molecule has 0 spiro atoms. The molecule has 0 unspecified atom stereocenters. The van der Waals surface area contributed by atoms with Gasteiger partial charge >= 0.3 is 0 Å². The Bertz CT molecular complexity index is 633. The van der Waals surface area contributed by atoms with Crippen molar-refractivity contribution in [1.29, 1.82) is 0 Å². The van der Waals surface area contributed by atoms with Crippen molar-refractivity contribution in [3.8, 4) is 0 Å². The van der Waals surface area contributed by atoms with Crippen LogP contribution in [-0.4, -0.2) is 24.7 Å². The van der Waals surface area contributed by atoms with Gasteiger partial charge < -0.3 is 10.0 Å². The van der Waals surface area contributed by atoms with Gasteiger partial charge in [0.2, 0.25) is 0 Å². The fraction of sp³-hybridized carbons (Fsp3) is 0.429. The van der Waals surface area contributed by atoms with E-state index in [1.54, 1.807) is 4.90 Å². The molecule has 3 aliphatic heterocycles. The third-order valence-electron chi connectivity index (χ3n) is 6.02. The van der Waals surface area contributed by atoms with Crippen molar-refractivity contribution in [2.75, 3.05) is 19.6 Å². The van der Waals surface area contributed by atoms with Crippen LogP contribution in [0.2, 0.25) is 0 Å². The van der Waals surface area contributed by atoms with Crippen LogP contribution in [0.3, 0.4) is 0 Å². The summed E-state index contributed by atoms with van der Waals surface area (Å²) in [5.41, 5.74) is 1.56. The minimum absolute atomic E-state index is 0.364. The van der Waals surface area contributed by atoms with Crippen molar-refractivity contribution < 1.29 is 10.0 Å². The Kier molecular flexibility index (Phi) is 3.96. The van der Waals surface area contributed by atoms with Gasteiger partial charge in [0, 0.05) is 25.2 Å². The van der Waals surface area contributed by atoms with Gasteiger partial charge in [0.1, 0.15) is 5.60 Å². The lowest BCUT2D eigenvalue weighted by Crippen LogP contribution is -3.16. The first-order valence-electron chi connectivity index (χ1n) is 8.91. The summed E-state index contributed by atoms with van der Waals surface area (Å²) in [4.78, 5) is 1.68. The molecule has 3 aliphatic rings. The molecule has 0 saturated carbocycles. The van der Waals surface area contributed by atoms with Crippen LogP contribution in [0.1, 0.15) is 24.0 Å². The van der Waals surface area contributed by atoms with E-state index in [-0.39, 0.29) is 0 Å². The maximum absolute atomic E-state index is 11.9. The molecule has 2 aromatic carbocycles. The van der Waals surface area contributed by atoms with E-state index < -0.39 is 5.60 Å². The van der Waals surface area contributed by atoms with Gasteiger partial charge in [-0.2, -0.15) is 0 Å². The number of quaternary nitrogens is 1. The minimum atomic E-state index is -0.751. The van der Waals surface area contributed by atoms with Crippen molar-refractivity contribution in [2.45, 2.75) is 24.9 Å². The highest BCUT2D eigenvalue weighted by Gasteiger charge is 2.49. The fourth-order valence-electron chi connectivity index (χ4n) is 4.77. The predicted octanol–water partition coefficient (Wildman–Crippen LogP) is 2.04. The average molecular weight is 308 g/mol. The van der Waals surface area contributed by atoms with E-state index in [0.29, 0.717) is 18.3 Å². The van der Waals surface area contributed by atoms with Crippen molar-refractivity contribution in [3.05, 3.63) is 71.8 Å². The Morgan fingerprint density at radius 3 is 2.09 bits per heavy atom. The molecule has 2 N–H and O–H groups in total. The third kappa shape index (κ3) is 2.82. The molecule has 2 atom stereocenters. The Morgan fingerprint density at radius 1 is 0.913 bits per heavy atom. The van der Waals surface area contributed by atoms with Crippen LogP contribution in [0.15, 0.2) is 60.7 Å². The second kappa shape index (κ2) is 6.10. The fourth-order valence-corrected chi connectivity index (χ4v) is 4.77. The number of aliphatic hydroxyl groups is 1. The lowest BCUT2D eigenvalue weighted by molar-refractivity contribution is -0.922. The van der Waals surface area contributed by atoms with Crippen LogP contribution >= 0.6 is 0 Å². The molecule has 120 valence electrons. The van der Waals surface area contributed by atoms with Crippen LogP contribution in [0.5, 0.6) is 0 Å². The van der Waals surface area contributed by atoms with E-state index in [1.165, 1.54) is 31.5 Å². The van der Waals surface area contributed by atoms with E-state index in [0.717, 1.165) is 12.1 Å². The molecular weight excluding hydrogens is 282 g/mol. The zero-order valence-electron chi connectivity index (χ0n) is 13.6. The molecule has 23 heavy (non-hydrogen) atoms. The number of piperidine rings is 3. The summed E-state index contributed by atoms with van der Waals surface area (Å²) in [7, 11) is 0. The third-order valence-corrected chi connectivity index (χ3v) is 6.02. The zero-order chi connectivity index (χ0) is 15.7. The first-order chi connectivity index (χ1) is 11.3. The van der Waals surface area contributed by atoms with Crippen LogP contribution in [0.25, 0.3) is 0 Å². The summed E-state index contributed by atoms with van der Waals surface area (Å²) < 4.78 is 0. The normalized spacial score (nSPS) is 29.2. The molecule has 2 heteroatoms. The first kappa shape index (κ1) is 14.9. The highest BCUT2D eigenvalue weighted by molar-refractivity contribution is 5.28. The number of hydrogen-bond donors (Lipinski definition) is 2. The summed E-state index contributed by atoms with van der Waals surface area (Å²) in [5.74, 6) is 1.03. The lowest BCUT2D eigenvalue weighted by atomic mass is 9.66. The summed E-state index contributed by atoms with van der Waals surface area (Å²) in [6.07, 6.45) is 3.25. The van der Waals surface area contributed by atoms with Crippen LogP contribution < -0.4 is 4.90 Å². The molecular formula is C21H26NO+. The molecule has 0 radical (unpaired) electrons. The van der Waals surface area contributed by atoms with Gasteiger partial charge in [-0.3, -0.25) is 0 Å². The Morgan fingerprint density at radius 2 is 1.52 bits per heavy atom. The standard InChI is InChI=1S/C21H25NO/c23-21(19-9-5-2-6-10-19,15-17-7-3-1-4-8-17)20-16-22-13-11-18(20)12-14-22/h1-10,18,20,23H,11-16H2/p+1/t20-,21+/m1/s1. The molecule has 3 heterocycles. The Balaban J connectivity index is 1.72. The summed E-state index contributed by atoms with van der Waals surface area (Å²) in [5, 5.41) is 11.9. The zero-order valence-corrected chi connectivity index (χ0v) is 13.6. The van der Waals surface area contributed by atoms with Crippen molar-refractivity contribution >= 4 is 0 Å². The Hall–Kier alpha value is -1.64. The molecule has 0 aromatic heterocycles. The molecule has 2 bridgehead atoms. The van der Waals surface area contributed by atoms with Gasteiger partial charge in [-0.25, -0.2) is 0 Å². The van der Waals surface area contributed by atoms with Crippen molar-refractivity contribution in [2.24, 2.45) is 11.8 Å². The van der Waals surface area contributed by atoms with Crippen molar-refractivity contribution in [3.63, 3.8) is 0 Å². The quantitative estimate of drug-likeness (QED) is 0.888. The van der Waals surface area contributed by atoms with Gasteiger partial charge in [-0.1, -0.05) is 60.7 Å². The summed E-state index contributed by atoms with van der Waals surface area (Å²) in [6, 6.07) is 20.8. The monoisotopic (exact) mass is 308 g/mol. The van der Waals surface area contributed by atoms with Crippen LogP contribution in [0, 0.1) is 11.8 Å². The number of fused-ring (bicyclic) bond motifs is 3. The molecule has 2 nitrogen and oxygen atoms in total. The van der Waals surface area contributed by atoms with E-state index in [1.807, 2.05) is 12.1 Å². The second-order valence-electron chi connectivity index (χ2n) is 7.35. The van der Waals surface area contributed by atoms with E-state index in [4.69, 9.17) is 0 Å². The van der Waals surface area contributed by atoms with E-state index >= 15 is 0 Å². The highest BCUT2D eigenvalue weighted by Crippen LogP contribution is 2.41. The van der Waals surface area contributed by atoms with Crippen LogP contribution in [0.4, 0.5) is 0 Å². The second-order valence-corrected chi connectivity index (χ2v) is 7.35. The summed E-state index contributed by atoms with van der Waals surface area (Å²) >= 11 is 0. The predicted molar refractivity (Wildman–Crippen MR) is 92.3 cm³/mol. The average Bonchev–Trinajstić information content (AvgIpc) is 2.64. The smallest absolute Gasteiger partial charge is 0.102 e. The molecule has 5 rings (SSSR count). The molecule has 3 fully saturated rings. The van der Waals surface area contributed by atoms with Gasteiger partial charge in [0.25, 0.3) is 0 Å². The van der Waals surface area contributed by atoms with E-state index in [2.05, 4.69) is 48.5 Å². The number of benzene rings is 2. The maximum Gasteiger partial charge on any atom is 0.102 e. The van der Waals surface area contributed by atoms with E-state index in [9.17, 15) is 5.11 Å². The van der Waals surface area contributed by atoms with Gasteiger partial charge in [-0.15, -0.1) is 0 Å². The number of rotatable bonds is 4. The van der Waals surface area contributed by atoms with Gasteiger partial charge in [0.05, 0.1) is 19.6 Å². The molecule has 0 amide bonds. The SMILES string of the molecule is O[C@@](Cc1ccccc1)(c1ccccc1)[C@@H]1C[NH+]2CCC1CC2. The number of hydrogen-bond acceptors (Lipinski definition) is 1. The largest absolute Gasteiger partial charge is 0.384 e. The van der Waals surface area contributed by atoms with Gasteiger partial charge in [-0.05, 0) is 17.0 Å². The van der Waals surface area contributed by atoms with Gasteiger partial charge in [0.15, 0.2) is 0 Å². The Labute approximate surface area is 138 Å². The van der Waals surface area contributed by atoms with Crippen molar-refractivity contribution in [1.82, 2.24) is 0 Å². The van der Waals surface area contributed by atoms with Crippen LogP contribution in [-0.2, 0) is 12.0 Å². The minimum Gasteiger partial charge on any atom is -0.384 e. The summed E-state index contributed by atoms with van der Waals surface area (Å²) in [6.45, 7) is 3.69. The first-order valence-corrected chi connectivity index (χ1v) is 8.91. The molecule has 3 saturated heterocycles. The topological polar surface area (TPSA) is 24.7 Å². The number of nitrogens with one attached hydrogen (secondary N) is 1.